The van der Waals surface area contributed by atoms with Crippen LogP contribution in [0.5, 0.6) is 0 Å². The van der Waals surface area contributed by atoms with E-state index in [0.717, 1.165) is 28.8 Å². The molecule has 0 radical (unpaired) electrons. The molecule has 1 heterocycles. The highest BCUT2D eigenvalue weighted by molar-refractivity contribution is 8.04. The molecule has 0 bridgehead atoms. The minimum absolute atomic E-state index is 0.0918. The summed E-state index contributed by atoms with van der Waals surface area (Å²) in [5.74, 6) is -0.271. The third-order valence-electron chi connectivity index (χ3n) is 2.38. The van der Waals surface area contributed by atoms with Crippen LogP contribution in [0.3, 0.4) is 0 Å². The molecule has 0 atom stereocenters. The molecule has 1 amide bonds. The molecule has 2 rings (SSSR count). The first kappa shape index (κ1) is 14.6. The van der Waals surface area contributed by atoms with E-state index in [4.69, 9.17) is 23.2 Å². The van der Waals surface area contributed by atoms with Crippen molar-refractivity contribution in [3.63, 3.8) is 0 Å². The lowest BCUT2D eigenvalue weighted by molar-refractivity contribution is -0.137. The van der Waals surface area contributed by atoms with Crippen molar-refractivity contribution in [3.8, 4) is 0 Å². The number of alkyl halides is 3. The van der Waals surface area contributed by atoms with Crippen molar-refractivity contribution in [2.45, 2.75) is 6.18 Å². The van der Waals surface area contributed by atoms with E-state index in [2.05, 4.69) is 0 Å². The Kier molecular flexibility index (Phi) is 4.03. The fourth-order valence-electron chi connectivity index (χ4n) is 1.59. The van der Waals surface area contributed by atoms with Crippen LogP contribution in [-0.4, -0.2) is 11.7 Å². The van der Waals surface area contributed by atoms with Crippen molar-refractivity contribution in [1.29, 1.82) is 0 Å². The molecule has 1 aromatic rings. The van der Waals surface area contributed by atoms with Gasteiger partial charge >= 0.3 is 6.18 Å². The molecule has 0 aromatic heterocycles. The molecule has 1 saturated heterocycles. The predicted octanol–water partition coefficient (Wildman–Crippen LogP) is 4.39. The van der Waals surface area contributed by atoms with Crippen molar-refractivity contribution in [1.82, 2.24) is 0 Å². The molecule has 2 nitrogen and oxygen atoms in total. The second-order valence-corrected chi connectivity index (χ2v) is 5.54. The SMILES string of the molecule is O=C1CSC(=C(Cl)Cl)N1c1cccc(C(F)(F)F)c1. The summed E-state index contributed by atoms with van der Waals surface area (Å²) in [4.78, 5) is 12.8. The van der Waals surface area contributed by atoms with Gasteiger partial charge in [0.05, 0.1) is 17.0 Å². The Hall–Kier alpha value is -0.850. The number of hydrogen-bond acceptors (Lipinski definition) is 2. The van der Waals surface area contributed by atoms with E-state index in [1.165, 1.54) is 12.1 Å². The Bertz CT molecular complexity index is 555. The molecule has 8 heteroatoms. The summed E-state index contributed by atoms with van der Waals surface area (Å²) in [6, 6.07) is 4.45. The van der Waals surface area contributed by atoms with Crippen LogP contribution < -0.4 is 4.90 Å². The Morgan fingerprint density at radius 3 is 2.58 bits per heavy atom. The van der Waals surface area contributed by atoms with Gasteiger partial charge in [-0.1, -0.05) is 41.0 Å². The van der Waals surface area contributed by atoms with Crippen molar-refractivity contribution in [2.24, 2.45) is 0 Å². The lowest BCUT2D eigenvalue weighted by atomic mass is 10.2. The molecule has 1 aliphatic rings. The summed E-state index contributed by atoms with van der Waals surface area (Å²) in [5, 5.41) is 0.243. The molecular weight excluding hydrogens is 322 g/mol. The summed E-state index contributed by atoms with van der Waals surface area (Å²) in [7, 11) is 0. The number of thioether (sulfide) groups is 1. The third kappa shape index (κ3) is 3.01. The standard InChI is InChI=1S/C11H6Cl2F3NOS/c12-9(13)10-17(8(18)5-19-10)7-3-1-2-6(4-7)11(14,15)16/h1-4H,5H2. The fourth-order valence-corrected chi connectivity index (χ4v) is 2.93. The Balaban J connectivity index is 2.47. The molecule has 0 N–H and O–H groups in total. The monoisotopic (exact) mass is 327 g/mol. The first-order chi connectivity index (χ1) is 8.80. The molecule has 102 valence electrons. The average Bonchev–Trinajstić information content (AvgIpc) is 2.70. The number of halogens is 5. The normalized spacial score (nSPS) is 16.2. The molecule has 1 aromatic carbocycles. The molecule has 19 heavy (non-hydrogen) atoms. The van der Waals surface area contributed by atoms with E-state index in [-0.39, 0.29) is 26.9 Å². The molecule has 0 spiro atoms. The molecule has 1 aliphatic heterocycles. The van der Waals surface area contributed by atoms with Gasteiger partial charge in [-0.05, 0) is 18.2 Å². The average molecular weight is 328 g/mol. The number of amides is 1. The zero-order valence-electron chi connectivity index (χ0n) is 9.17. The highest BCUT2D eigenvalue weighted by atomic mass is 35.5. The van der Waals surface area contributed by atoms with E-state index in [0.29, 0.717) is 0 Å². The summed E-state index contributed by atoms with van der Waals surface area (Å²) in [5.41, 5.74) is -0.738. The van der Waals surface area contributed by atoms with E-state index in [1.807, 2.05) is 0 Å². The van der Waals surface area contributed by atoms with Gasteiger partial charge in [0.2, 0.25) is 5.91 Å². The molecule has 0 saturated carbocycles. The van der Waals surface area contributed by atoms with Crippen molar-refractivity contribution in [2.75, 3.05) is 10.7 Å². The summed E-state index contributed by atoms with van der Waals surface area (Å²) in [6.07, 6.45) is -4.47. The van der Waals surface area contributed by atoms with Crippen LogP contribution in [0.25, 0.3) is 0 Å². The van der Waals surface area contributed by atoms with Gasteiger partial charge in [0.25, 0.3) is 0 Å². The van der Waals surface area contributed by atoms with Gasteiger partial charge in [0.1, 0.15) is 9.52 Å². The van der Waals surface area contributed by atoms with Crippen LogP contribution in [0, 0.1) is 0 Å². The highest BCUT2D eigenvalue weighted by Gasteiger charge is 2.34. The number of anilines is 1. The zero-order valence-corrected chi connectivity index (χ0v) is 11.5. The van der Waals surface area contributed by atoms with Gasteiger partial charge in [-0.3, -0.25) is 9.69 Å². The first-order valence-corrected chi connectivity index (χ1v) is 6.73. The van der Waals surface area contributed by atoms with Gasteiger partial charge in [-0.25, -0.2) is 0 Å². The predicted molar refractivity (Wildman–Crippen MR) is 70.1 cm³/mol. The van der Waals surface area contributed by atoms with E-state index < -0.39 is 11.7 Å². The molecule has 0 unspecified atom stereocenters. The largest absolute Gasteiger partial charge is 0.416 e. The third-order valence-corrected chi connectivity index (χ3v) is 4.01. The maximum absolute atomic E-state index is 12.6. The maximum atomic E-state index is 12.6. The van der Waals surface area contributed by atoms with E-state index in [1.54, 1.807) is 0 Å². The van der Waals surface area contributed by atoms with Gasteiger partial charge in [0.15, 0.2) is 0 Å². The Labute approximate surface area is 121 Å². The van der Waals surface area contributed by atoms with Gasteiger partial charge < -0.3 is 0 Å². The number of benzene rings is 1. The summed E-state index contributed by atoms with van der Waals surface area (Å²) < 4.78 is 37.8. The van der Waals surface area contributed by atoms with Crippen LogP contribution in [0.15, 0.2) is 33.8 Å². The molecular formula is C11H6Cl2F3NOS. The Morgan fingerprint density at radius 1 is 1.32 bits per heavy atom. The maximum Gasteiger partial charge on any atom is 0.416 e. The van der Waals surface area contributed by atoms with E-state index >= 15 is 0 Å². The number of rotatable bonds is 1. The number of carbonyl (C=O) groups excluding carboxylic acids is 1. The molecule has 1 fully saturated rings. The second kappa shape index (κ2) is 5.26. The minimum atomic E-state index is -4.47. The van der Waals surface area contributed by atoms with Crippen LogP contribution in [-0.2, 0) is 11.0 Å². The van der Waals surface area contributed by atoms with Gasteiger partial charge in [-0.15, -0.1) is 0 Å². The topological polar surface area (TPSA) is 20.3 Å². The fraction of sp³-hybridized carbons (Fsp3) is 0.182. The van der Waals surface area contributed by atoms with Crippen molar-refractivity contribution >= 4 is 46.6 Å². The number of hydrogen-bond donors (Lipinski definition) is 0. The number of carbonyl (C=O) groups is 1. The lowest BCUT2D eigenvalue weighted by Gasteiger charge is -2.18. The number of nitrogens with zero attached hydrogens (tertiary/aromatic N) is 1. The summed E-state index contributed by atoms with van der Waals surface area (Å²) in [6.45, 7) is 0. The van der Waals surface area contributed by atoms with E-state index in [9.17, 15) is 18.0 Å². The second-order valence-electron chi connectivity index (χ2n) is 3.63. The summed E-state index contributed by atoms with van der Waals surface area (Å²) >= 11 is 12.3. The first-order valence-electron chi connectivity index (χ1n) is 4.99. The highest BCUT2D eigenvalue weighted by Crippen LogP contribution is 2.40. The minimum Gasteiger partial charge on any atom is -0.273 e. The smallest absolute Gasteiger partial charge is 0.273 e. The quantitative estimate of drug-likeness (QED) is 0.762. The van der Waals surface area contributed by atoms with Crippen molar-refractivity contribution < 1.29 is 18.0 Å². The lowest BCUT2D eigenvalue weighted by Crippen LogP contribution is -2.24. The van der Waals surface area contributed by atoms with Crippen molar-refractivity contribution in [3.05, 3.63) is 39.3 Å². The van der Waals surface area contributed by atoms with Crippen LogP contribution >= 0.6 is 35.0 Å². The van der Waals surface area contributed by atoms with Crippen LogP contribution in [0.2, 0.25) is 0 Å². The van der Waals surface area contributed by atoms with Gasteiger partial charge in [-0.2, -0.15) is 13.2 Å². The van der Waals surface area contributed by atoms with Crippen LogP contribution in [0.4, 0.5) is 18.9 Å². The van der Waals surface area contributed by atoms with Gasteiger partial charge in [0, 0.05) is 0 Å². The molecule has 0 aliphatic carbocycles. The van der Waals surface area contributed by atoms with Crippen LogP contribution in [0.1, 0.15) is 5.56 Å². The zero-order chi connectivity index (χ0) is 14.2. The Morgan fingerprint density at radius 2 is 2.00 bits per heavy atom.